The first kappa shape index (κ1) is 15.5. The molecule has 1 aromatic carbocycles. The minimum absolute atomic E-state index is 0.0408. The Morgan fingerprint density at radius 1 is 1.43 bits per heavy atom. The standard InChI is InChI=1S/C16H22N2O3/c1-3-12-13-6-4-5-7-14(13)21-16(12)11(2)18-8-9-20-10-15(17)19/h4-7,11,18H,3,8-10H2,1-2H3,(H2,17,19). The van der Waals surface area contributed by atoms with Crippen LogP contribution in [0.4, 0.5) is 0 Å². The number of hydrogen-bond donors (Lipinski definition) is 2. The van der Waals surface area contributed by atoms with E-state index in [9.17, 15) is 4.79 Å². The number of nitrogens with one attached hydrogen (secondary N) is 1. The summed E-state index contributed by atoms with van der Waals surface area (Å²) in [6, 6.07) is 8.16. The molecule has 0 aliphatic rings. The molecule has 2 rings (SSSR count). The lowest BCUT2D eigenvalue weighted by atomic mass is 10.1. The van der Waals surface area contributed by atoms with Gasteiger partial charge in [0.15, 0.2) is 0 Å². The fourth-order valence-electron chi connectivity index (χ4n) is 2.45. The van der Waals surface area contributed by atoms with E-state index < -0.39 is 5.91 Å². The molecule has 0 bridgehead atoms. The lowest BCUT2D eigenvalue weighted by Crippen LogP contribution is -2.26. The largest absolute Gasteiger partial charge is 0.459 e. The number of fused-ring (bicyclic) bond motifs is 1. The van der Waals surface area contributed by atoms with Gasteiger partial charge in [-0.2, -0.15) is 0 Å². The number of hydrogen-bond acceptors (Lipinski definition) is 4. The van der Waals surface area contributed by atoms with E-state index in [1.165, 1.54) is 10.9 Å². The van der Waals surface area contributed by atoms with Crippen LogP contribution in [0.5, 0.6) is 0 Å². The molecule has 0 radical (unpaired) electrons. The number of carbonyl (C=O) groups excluding carboxylic acids is 1. The average Bonchev–Trinajstić information content (AvgIpc) is 2.85. The molecule has 3 N–H and O–H groups in total. The monoisotopic (exact) mass is 290 g/mol. The van der Waals surface area contributed by atoms with E-state index in [0.717, 1.165) is 17.8 Å². The maximum Gasteiger partial charge on any atom is 0.243 e. The number of carbonyl (C=O) groups is 1. The van der Waals surface area contributed by atoms with Crippen molar-refractivity contribution in [2.75, 3.05) is 19.8 Å². The summed E-state index contributed by atoms with van der Waals surface area (Å²) in [6.07, 6.45) is 0.927. The van der Waals surface area contributed by atoms with Crippen LogP contribution < -0.4 is 11.1 Å². The van der Waals surface area contributed by atoms with Gasteiger partial charge in [0.25, 0.3) is 0 Å². The Bertz CT molecular complexity index is 607. The van der Waals surface area contributed by atoms with E-state index >= 15 is 0 Å². The van der Waals surface area contributed by atoms with Gasteiger partial charge < -0.3 is 20.2 Å². The molecule has 1 heterocycles. The van der Waals surface area contributed by atoms with E-state index in [4.69, 9.17) is 14.9 Å². The third kappa shape index (κ3) is 3.83. The molecule has 0 saturated carbocycles. The lowest BCUT2D eigenvalue weighted by Gasteiger charge is -2.13. The second kappa shape index (κ2) is 7.24. The van der Waals surface area contributed by atoms with Crippen molar-refractivity contribution in [3.05, 3.63) is 35.6 Å². The van der Waals surface area contributed by atoms with Gasteiger partial charge in [0.05, 0.1) is 12.6 Å². The molecular weight excluding hydrogens is 268 g/mol. The quantitative estimate of drug-likeness (QED) is 0.730. The Kier molecular flexibility index (Phi) is 5.36. The van der Waals surface area contributed by atoms with Crippen molar-refractivity contribution in [3.8, 4) is 0 Å². The van der Waals surface area contributed by atoms with Crippen LogP contribution in [-0.4, -0.2) is 25.7 Å². The van der Waals surface area contributed by atoms with E-state index in [2.05, 4.69) is 25.2 Å². The van der Waals surface area contributed by atoms with Gasteiger partial charge in [0.1, 0.15) is 18.0 Å². The molecule has 114 valence electrons. The van der Waals surface area contributed by atoms with E-state index in [1.54, 1.807) is 0 Å². The Morgan fingerprint density at radius 3 is 2.90 bits per heavy atom. The third-order valence-electron chi connectivity index (χ3n) is 3.42. The molecule has 1 amide bonds. The lowest BCUT2D eigenvalue weighted by molar-refractivity contribution is -0.122. The Hall–Kier alpha value is -1.85. The van der Waals surface area contributed by atoms with Gasteiger partial charge in [0, 0.05) is 17.5 Å². The highest BCUT2D eigenvalue weighted by atomic mass is 16.5. The Morgan fingerprint density at radius 2 is 2.19 bits per heavy atom. The van der Waals surface area contributed by atoms with Crippen molar-refractivity contribution in [1.82, 2.24) is 5.32 Å². The zero-order valence-corrected chi connectivity index (χ0v) is 12.5. The molecule has 0 saturated heterocycles. The van der Waals surface area contributed by atoms with Crippen molar-refractivity contribution < 1.29 is 13.9 Å². The van der Waals surface area contributed by atoms with Crippen LogP contribution in [-0.2, 0) is 16.0 Å². The minimum Gasteiger partial charge on any atom is -0.459 e. The molecule has 21 heavy (non-hydrogen) atoms. The van der Waals surface area contributed by atoms with Crippen LogP contribution >= 0.6 is 0 Å². The number of benzene rings is 1. The number of ether oxygens (including phenoxy) is 1. The SMILES string of the molecule is CCc1c(C(C)NCCOCC(N)=O)oc2ccccc12. The maximum absolute atomic E-state index is 10.6. The van der Waals surface area contributed by atoms with Gasteiger partial charge in [0.2, 0.25) is 5.91 Å². The average molecular weight is 290 g/mol. The second-order valence-electron chi connectivity index (χ2n) is 4.99. The van der Waals surface area contributed by atoms with Gasteiger partial charge in [-0.05, 0) is 19.4 Å². The van der Waals surface area contributed by atoms with E-state index in [1.807, 2.05) is 18.2 Å². The smallest absolute Gasteiger partial charge is 0.243 e. The number of primary amides is 1. The van der Waals surface area contributed by atoms with Crippen LogP contribution in [0.25, 0.3) is 11.0 Å². The molecule has 1 unspecified atom stereocenters. The Labute approximate surface area is 124 Å². The van der Waals surface area contributed by atoms with Crippen LogP contribution in [0.15, 0.2) is 28.7 Å². The molecule has 0 aliphatic heterocycles. The maximum atomic E-state index is 10.6. The minimum atomic E-state index is -0.450. The highest BCUT2D eigenvalue weighted by Gasteiger charge is 2.17. The number of amides is 1. The highest BCUT2D eigenvalue weighted by Crippen LogP contribution is 2.30. The number of nitrogens with two attached hydrogens (primary N) is 1. The molecule has 1 aromatic heterocycles. The van der Waals surface area contributed by atoms with Crippen molar-refractivity contribution in [2.45, 2.75) is 26.3 Å². The molecule has 1 atom stereocenters. The van der Waals surface area contributed by atoms with Crippen molar-refractivity contribution in [2.24, 2.45) is 5.73 Å². The first-order chi connectivity index (χ1) is 10.1. The molecule has 0 aliphatic carbocycles. The molecule has 0 fully saturated rings. The number of rotatable bonds is 8. The van der Waals surface area contributed by atoms with Crippen LogP contribution in [0.1, 0.15) is 31.2 Å². The molecule has 5 heteroatoms. The predicted molar refractivity (Wildman–Crippen MR) is 82.0 cm³/mol. The normalized spacial score (nSPS) is 12.7. The number of furan rings is 1. The topological polar surface area (TPSA) is 77.5 Å². The summed E-state index contributed by atoms with van der Waals surface area (Å²) in [4.78, 5) is 10.6. The van der Waals surface area contributed by atoms with Crippen LogP contribution in [0, 0.1) is 0 Å². The number of para-hydroxylation sites is 1. The molecular formula is C16H22N2O3. The third-order valence-corrected chi connectivity index (χ3v) is 3.42. The summed E-state index contributed by atoms with van der Waals surface area (Å²) in [5.74, 6) is 0.516. The molecule has 5 nitrogen and oxygen atoms in total. The van der Waals surface area contributed by atoms with Crippen LogP contribution in [0.2, 0.25) is 0 Å². The fourth-order valence-corrected chi connectivity index (χ4v) is 2.45. The van der Waals surface area contributed by atoms with E-state index in [-0.39, 0.29) is 12.6 Å². The summed E-state index contributed by atoms with van der Waals surface area (Å²) in [5, 5.41) is 4.51. The summed E-state index contributed by atoms with van der Waals surface area (Å²) < 4.78 is 11.1. The van der Waals surface area contributed by atoms with Gasteiger partial charge in [-0.15, -0.1) is 0 Å². The summed E-state index contributed by atoms with van der Waals surface area (Å²) in [6.45, 7) is 5.22. The highest BCUT2D eigenvalue weighted by molar-refractivity contribution is 5.82. The van der Waals surface area contributed by atoms with Gasteiger partial charge >= 0.3 is 0 Å². The predicted octanol–water partition coefficient (Wildman–Crippen LogP) is 2.15. The summed E-state index contributed by atoms with van der Waals surface area (Å²) >= 11 is 0. The van der Waals surface area contributed by atoms with Crippen molar-refractivity contribution in [3.63, 3.8) is 0 Å². The van der Waals surface area contributed by atoms with Crippen molar-refractivity contribution in [1.29, 1.82) is 0 Å². The first-order valence-electron chi connectivity index (χ1n) is 7.23. The molecule has 2 aromatic rings. The second-order valence-corrected chi connectivity index (χ2v) is 4.99. The zero-order chi connectivity index (χ0) is 15.2. The van der Waals surface area contributed by atoms with Crippen molar-refractivity contribution >= 4 is 16.9 Å². The Balaban J connectivity index is 1.99. The van der Waals surface area contributed by atoms with Gasteiger partial charge in [-0.1, -0.05) is 25.1 Å². The number of aryl methyl sites for hydroxylation is 1. The molecule has 0 spiro atoms. The van der Waals surface area contributed by atoms with Gasteiger partial charge in [-0.25, -0.2) is 0 Å². The zero-order valence-electron chi connectivity index (χ0n) is 12.5. The first-order valence-corrected chi connectivity index (χ1v) is 7.23. The fraction of sp³-hybridized carbons (Fsp3) is 0.438. The van der Waals surface area contributed by atoms with Crippen LogP contribution in [0.3, 0.4) is 0 Å². The summed E-state index contributed by atoms with van der Waals surface area (Å²) in [7, 11) is 0. The van der Waals surface area contributed by atoms with Gasteiger partial charge in [-0.3, -0.25) is 4.79 Å². The van der Waals surface area contributed by atoms with E-state index in [0.29, 0.717) is 13.2 Å². The summed E-state index contributed by atoms with van der Waals surface area (Å²) in [5.41, 5.74) is 7.17.